The quantitative estimate of drug-likeness (QED) is 0.569. The molecule has 148 valence electrons. The Balaban J connectivity index is 1.88. The molecule has 3 rings (SSSR count). The van der Waals surface area contributed by atoms with E-state index in [0.717, 1.165) is 36.1 Å². The first-order chi connectivity index (χ1) is 12.8. The molecule has 0 aliphatic heterocycles. The van der Waals surface area contributed by atoms with E-state index >= 15 is 0 Å². The van der Waals surface area contributed by atoms with Crippen LogP contribution in [0.3, 0.4) is 0 Å². The first-order valence-electron chi connectivity index (χ1n) is 10.5. The molecule has 4 nitrogen and oxygen atoms in total. The number of carbonyl (C=O) groups excluding carboxylic acids is 1. The minimum atomic E-state index is -0.323. The number of imidazole rings is 1. The Bertz CT molecular complexity index is 808. The molecule has 27 heavy (non-hydrogen) atoms. The van der Waals surface area contributed by atoms with Crippen LogP contribution in [-0.2, 0) is 23.0 Å². The van der Waals surface area contributed by atoms with E-state index in [-0.39, 0.29) is 18.1 Å². The van der Waals surface area contributed by atoms with E-state index in [1.165, 1.54) is 6.42 Å². The van der Waals surface area contributed by atoms with E-state index in [2.05, 4.69) is 56.0 Å². The summed E-state index contributed by atoms with van der Waals surface area (Å²) in [5, 5.41) is 0. The number of ether oxygens (including phenoxy) is 1. The predicted octanol–water partition coefficient (Wildman–Crippen LogP) is 4.59. The van der Waals surface area contributed by atoms with E-state index in [4.69, 9.17) is 4.74 Å². The lowest BCUT2D eigenvalue weighted by atomic mass is 9.75. The van der Waals surface area contributed by atoms with Crippen LogP contribution >= 0.6 is 0 Å². The summed E-state index contributed by atoms with van der Waals surface area (Å²) in [7, 11) is 2.08. The highest BCUT2D eigenvalue weighted by atomic mass is 16.5. The average molecular weight is 372 g/mol. The number of carbonyl (C=O) groups is 1. The maximum atomic E-state index is 13.2. The summed E-state index contributed by atoms with van der Waals surface area (Å²) in [6.07, 6.45) is 4.31. The lowest BCUT2D eigenvalue weighted by Gasteiger charge is -2.37. The number of benzene rings is 1. The summed E-state index contributed by atoms with van der Waals surface area (Å²) < 4.78 is 10.5. The van der Waals surface area contributed by atoms with Crippen molar-refractivity contribution in [1.29, 1.82) is 0 Å². The van der Waals surface area contributed by atoms with Gasteiger partial charge in [-0.15, -0.1) is 0 Å². The third kappa shape index (κ3) is 3.76. The number of para-hydroxylation sites is 2. The van der Waals surface area contributed by atoms with Crippen molar-refractivity contribution in [2.24, 2.45) is 24.8 Å². The Kier molecular flexibility index (Phi) is 5.92. The summed E-state index contributed by atoms with van der Waals surface area (Å²) in [5.41, 5.74) is 2.25. The van der Waals surface area contributed by atoms with Gasteiger partial charge >= 0.3 is 5.97 Å². The maximum Gasteiger partial charge on any atom is 0.351 e. The molecule has 0 bridgehead atoms. The Hall–Kier alpha value is -1.84. The van der Waals surface area contributed by atoms with Gasteiger partial charge in [0.15, 0.2) is 17.1 Å². The van der Waals surface area contributed by atoms with Gasteiger partial charge in [-0.3, -0.25) is 0 Å². The van der Waals surface area contributed by atoms with Gasteiger partial charge in [0.2, 0.25) is 0 Å². The van der Waals surface area contributed by atoms with Crippen molar-refractivity contribution in [3.8, 4) is 0 Å². The molecule has 4 heteroatoms. The van der Waals surface area contributed by atoms with Gasteiger partial charge in [-0.25, -0.2) is 13.9 Å². The third-order valence-corrected chi connectivity index (χ3v) is 6.44. The SMILES string of the molecule is CCc1n([C@H](C)C(=O)OC2C[C@@H](C)CC[C@@H]2C(C)C)c2ccccc2[n+]1C. The summed E-state index contributed by atoms with van der Waals surface area (Å²) >= 11 is 0. The molecule has 1 fully saturated rings. The van der Waals surface area contributed by atoms with Crippen molar-refractivity contribution in [3.63, 3.8) is 0 Å². The molecule has 0 amide bonds. The average Bonchev–Trinajstić information content (AvgIpc) is 2.93. The monoisotopic (exact) mass is 371 g/mol. The topological polar surface area (TPSA) is 35.1 Å². The van der Waals surface area contributed by atoms with Crippen LogP contribution in [-0.4, -0.2) is 16.6 Å². The molecular formula is C23H35N2O2+. The first-order valence-corrected chi connectivity index (χ1v) is 10.5. The second-order valence-corrected chi connectivity index (χ2v) is 8.66. The minimum Gasteiger partial charge on any atom is -0.459 e. The van der Waals surface area contributed by atoms with Crippen molar-refractivity contribution >= 4 is 17.0 Å². The molecule has 2 aromatic rings. The van der Waals surface area contributed by atoms with Crippen LogP contribution in [0, 0.1) is 17.8 Å². The van der Waals surface area contributed by atoms with Crippen LogP contribution in [0.4, 0.5) is 0 Å². The van der Waals surface area contributed by atoms with Crippen molar-refractivity contribution in [2.45, 2.75) is 72.4 Å². The lowest BCUT2D eigenvalue weighted by molar-refractivity contribution is -0.654. The molecule has 0 spiro atoms. The number of hydrogen-bond donors (Lipinski definition) is 0. The lowest BCUT2D eigenvalue weighted by Crippen LogP contribution is -2.38. The van der Waals surface area contributed by atoms with Gasteiger partial charge in [0.1, 0.15) is 6.10 Å². The number of fused-ring (bicyclic) bond motifs is 1. The molecule has 0 saturated heterocycles. The third-order valence-electron chi connectivity index (χ3n) is 6.44. The fourth-order valence-electron chi connectivity index (χ4n) is 4.83. The van der Waals surface area contributed by atoms with Gasteiger partial charge in [-0.05, 0) is 49.7 Å². The zero-order chi connectivity index (χ0) is 19.7. The number of esters is 1. The minimum absolute atomic E-state index is 0.0457. The van der Waals surface area contributed by atoms with Crippen molar-refractivity contribution in [2.75, 3.05) is 0 Å². The zero-order valence-electron chi connectivity index (χ0n) is 17.7. The fourth-order valence-corrected chi connectivity index (χ4v) is 4.83. The summed E-state index contributed by atoms with van der Waals surface area (Å²) in [5.74, 6) is 2.70. The van der Waals surface area contributed by atoms with E-state index < -0.39 is 0 Å². The molecule has 0 radical (unpaired) electrons. The standard InChI is InChI=1S/C23H35N2O2/c1-7-22-24(6)19-10-8-9-11-20(19)25(22)17(5)23(26)27-21-14-16(4)12-13-18(21)15(2)3/h8-11,15-18,21H,7,12-14H2,1-6H3/q+1/t16-,17+,18+,21?/m0/s1. The summed E-state index contributed by atoms with van der Waals surface area (Å²) in [4.78, 5) is 13.2. The van der Waals surface area contributed by atoms with Gasteiger partial charge in [0.05, 0.1) is 7.05 Å². The van der Waals surface area contributed by atoms with Crippen LogP contribution in [0.1, 0.15) is 65.7 Å². The van der Waals surface area contributed by atoms with Gasteiger partial charge in [0, 0.05) is 6.42 Å². The Labute approximate surface area is 163 Å². The Morgan fingerprint density at radius 2 is 1.96 bits per heavy atom. The predicted molar refractivity (Wildman–Crippen MR) is 108 cm³/mol. The molecule has 1 aromatic heterocycles. The highest BCUT2D eigenvalue weighted by Gasteiger charge is 2.37. The van der Waals surface area contributed by atoms with Gasteiger partial charge in [-0.1, -0.05) is 46.2 Å². The van der Waals surface area contributed by atoms with Crippen LogP contribution in [0.25, 0.3) is 11.0 Å². The Morgan fingerprint density at radius 3 is 2.63 bits per heavy atom. The van der Waals surface area contributed by atoms with Crippen LogP contribution in [0.2, 0.25) is 0 Å². The van der Waals surface area contributed by atoms with E-state index in [0.29, 0.717) is 17.8 Å². The largest absolute Gasteiger partial charge is 0.459 e. The summed E-state index contributed by atoms with van der Waals surface area (Å²) in [6, 6.07) is 7.97. The normalized spacial score (nSPS) is 24.3. The molecule has 1 aromatic carbocycles. The Morgan fingerprint density at radius 1 is 1.26 bits per heavy atom. The van der Waals surface area contributed by atoms with Gasteiger partial charge < -0.3 is 4.74 Å². The van der Waals surface area contributed by atoms with Crippen molar-refractivity contribution < 1.29 is 14.1 Å². The summed E-state index contributed by atoms with van der Waals surface area (Å²) in [6.45, 7) is 10.9. The van der Waals surface area contributed by atoms with E-state index in [1.54, 1.807) is 0 Å². The molecule has 1 aliphatic rings. The molecule has 1 aliphatic carbocycles. The second kappa shape index (κ2) is 8.04. The van der Waals surface area contributed by atoms with E-state index in [1.807, 2.05) is 19.1 Å². The molecule has 0 N–H and O–H groups in total. The number of hydrogen-bond acceptors (Lipinski definition) is 2. The highest BCUT2D eigenvalue weighted by molar-refractivity contribution is 5.79. The van der Waals surface area contributed by atoms with E-state index in [9.17, 15) is 4.79 Å². The van der Waals surface area contributed by atoms with Crippen molar-refractivity contribution in [3.05, 3.63) is 30.1 Å². The highest BCUT2D eigenvalue weighted by Crippen LogP contribution is 2.36. The van der Waals surface area contributed by atoms with Crippen molar-refractivity contribution in [1.82, 2.24) is 4.57 Å². The first kappa shape index (κ1) is 19.9. The maximum absolute atomic E-state index is 13.2. The molecule has 4 atom stereocenters. The second-order valence-electron chi connectivity index (χ2n) is 8.66. The van der Waals surface area contributed by atoms with Gasteiger partial charge in [-0.2, -0.15) is 0 Å². The number of rotatable bonds is 5. The fraction of sp³-hybridized carbons (Fsp3) is 0.652. The van der Waals surface area contributed by atoms with Gasteiger partial charge in [0.25, 0.3) is 5.82 Å². The van der Waals surface area contributed by atoms with Crippen LogP contribution in [0.5, 0.6) is 0 Å². The smallest absolute Gasteiger partial charge is 0.351 e. The number of aromatic nitrogens is 2. The number of aryl methyl sites for hydroxylation is 1. The number of nitrogens with zero attached hydrogens (tertiary/aromatic N) is 2. The molecule has 1 heterocycles. The molecular weight excluding hydrogens is 336 g/mol. The molecule has 1 unspecified atom stereocenters. The van der Waals surface area contributed by atoms with Crippen LogP contribution in [0.15, 0.2) is 24.3 Å². The molecule has 1 saturated carbocycles. The van der Waals surface area contributed by atoms with Crippen LogP contribution < -0.4 is 4.57 Å². The zero-order valence-corrected chi connectivity index (χ0v) is 17.7.